The zero-order chi connectivity index (χ0) is 25.7. The molecular formula is C21H18N10O5. The average molecular weight is 490 g/mol. The number of rotatable bonds is 8. The molecule has 3 N–H and O–H groups in total. The number of carbonyl (C=O) groups is 2. The zero-order valence-electron chi connectivity index (χ0n) is 18.7. The third-order valence-corrected chi connectivity index (χ3v) is 4.91. The number of benzene rings is 2. The monoisotopic (exact) mass is 490 g/mol. The summed E-state index contributed by atoms with van der Waals surface area (Å²) in [5.74, 6) is -1.97. The molecule has 1 unspecified atom stereocenters. The van der Waals surface area contributed by atoms with Crippen LogP contribution in [0.3, 0.4) is 0 Å². The molecule has 0 saturated heterocycles. The van der Waals surface area contributed by atoms with Crippen LogP contribution in [0.2, 0.25) is 0 Å². The topological polar surface area (TPSA) is 203 Å². The fourth-order valence-corrected chi connectivity index (χ4v) is 3.25. The summed E-state index contributed by atoms with van der Waals surface area (Å²) in [5.41, 5.74) is 2.59. The lowest BCUT2D eigenvalue weighted by Crippen LogP contribution is -2.40. The largest absolute Gasteiger partial charge is 0.514 e. The summed E-state index contributed by atoms with van der Waals surface area (Å²) in [7, 11) is 0. The van der Waals surface area contributed by atoms with E-state index >= 15 is 0 Å². The van der Waals surface area contributed by atoms with E-state index in [2.05, 4.69) is 41.5 Å². The molecule has 4 rings (SSSR count). The molecular weight excluding hydrogens is 472 g/mol. The Labute approximate surface area is 201 Å². The van der Waals surface area contributed by atoms with Crippen LogP contribution in [0.4, 0.5) is 5.95 Å². The Hall–Kier alpha value is -5.34. The van der Waals surface area contributed by atoms with Crippen LogP contribution in [0, 0.1) is 10.1 Å². The third-order valence-electron chi connectivity index (χ3n) is 4.91. The second-order valence-electron chi connectivity index (χ2n) is 7.46. The van der Waals surface area contributed by atoms with Crippen LogP contribution in [0.5, 0.6) is 0 Å². The second-order valence-corrected chi connectivity index (χ2v) is 7.46. The number of nitrogens with one attached hydrogen (secondary N) is 3. The van der Waals surface area contributed by atoms with Crippen molar-refractivity contribution in [2.24, 2.45) is 5.10 Å². The number of amides is 2. The first kappa shape index (κ1) is 23.8. The number of nitrogens with zero attached hydrogens (tertiary/aromatic N) is 7. The Kier molecular flexibility index (Phi) is 6.80. The molecule has 0 spiro atoms. The molecule has 2 heterocycles. The van der Waals surface area contributed by atoms with E-state index in [9.17, 15) is 24.5 Å². The van der Waals surface area contributed by atoms with Crippen molar-refractivity contribution in [3.05, 3.63) is 86.3 Å². The molecule has 0 fully saturated rings. The molecule has 0 radical (unpaired) electrons. The first-order valence-corrected chi connectivity index (χ1v) is 10.4. The van der Waals surface area contributed by atoms with Gasteiger partial charge in [0, 0.05) is 16.2 Å². The number of tetrazole rings is 1. The molecule has 0 saturated carbocycles. The van der Waals surface area contributed by atoms with Crippen molar-refractivity contribution < 1.29 is 14.5 Å². The van der Waals surface area contributed by atoms with Crippen molar-refractivity contribution in [3.63, 3.8) is 0 Å². The Morgan fingerprint density at radius 1 is 1.14 bits per heavy atom. The van der Waals surface area contributed by atoms with Crippen molar-refractivity contribution in [2.45, 2.75) is 19.5 Å². The predicted molar refractivity (Wildman–Crippen MR) is 125 cm³/mol. The maximum absolute atomic E-state index is 13.2. The molecule has 36 heavy (non-hydrogen) atoms. The second kappa shape index (κ2) is 10.3. The minimum atomic E-state index is -1.33. The molecule has 4 aromatic rings. The number of hydrazone groups is 1. The molecule has 15 heteroatoms. The quantitative estimate of drug-likeness (QED) is 0.178. The first-order valence-electron chi connectivity index (χ1n) is 10.4. The lowest BCUT2D eigenvalue weighted by Gasteiger charge is -2.18. The van der Waals surface area contributed by atoms with Crippen molar-refractivity contribution >= 4 is 34.2 Å². The normalized spacial score (nSPS) is 12.2. The van der Waals surface area contributed by atoms with Crippen LogP contribution in [-0.4, -0.2) is 52.9 Å². The zero-order valence-corrected chi connectivity index (χ0v) is 18.7. The van der Waals surface area contributed by atoms with E-state index in [0.717, 1.165) is 4.80 Å². The molecule has 0 bridgehead atoms. The van der Waals surface area contributed by atoms with Crippen molar-refractivity contribution in [3.8, 4) is 0 Å². The number of aromatic amines is 1. The Morgan fingerprint density at radius 2 is 1.83 bits per heavy atom. The van der Waals surface area contributed by atoms with Gasteiger partial charge >= 0.3 is 5.95 Å². The Morgan fingerprint density at radius 3 is 2.53 bits per heavy atom. The Bertz CT molecular complexity index is 1530. The number of carbonyl (C=O) groups excluding carboxylic acids is 2. The molecule has 1 atom stereocenters. The first-order chi connectivity index (χ1) is 17.3. The highest BCUT2D eigenvalue weighted by Gasteiger charge is 2.27. The summed E-state index contributed by atoms with van der Waals surface area (Å²) in [4.78, 5) is 49.1. The van der Waals surface area contributed by atoms with Gasteiger partial charge in [0.25, 0.3) is 17.4 Å². The third kappa shape index (κ3) is 5.24. The number of hydrogen-bond donors (Lipinski definition) is 3. The molecule has 15 nitrogen and oxygen atoms in total. The maximum Gasteiger partial charge on any atom is 0.514 e. The number of hydrogen-bond acceptors (Lipinski definition) is 10. The number of fused-ring (bicyclic) bond motifs is 1. The average Bonchev–Trinajstić information content (AvgIpc) is 3.36. The van der Waals surface area contributed by atoms with Crippen molar-refractivity contribution in [2.75, 3.05) is 0 Å². The molecule has 2 amide bonds. The minimum absolute atomic E-state index is 0.0952. The lowest BCUT2D eigenvalue weighted by atomic mass is 10.0. The van der Waals surface area contributed by atoms with Crippen LogP contribution < -0.4 is 16.3 Å². The van der Waals surface area contributed by atoms with Crippen LogP contribution >= 0.6 is 0 Å². The van der Waals surface area contributed by atoms with Gasteiger partial charge in [-0.25, -0.2) is 10.5 Å². The fourth-order valence-electron chi connectivity index (χ4n) is 3.25. The molecule has 2 aromatic heterocycles. The Balaban J connectivity index is 1.62. The SMILES string of the molecule is CC(Cn1nnc([N+](=O)[O-])n1)=NNC(=O)C(NC(=O)c1ccccc1)c1n[nH]c(=O)c2ccccc12. The molecule has 0 aliphatic rings. The number of nitro groups is 1. The van der Waals surface area contributed by atoms with Gasteiger partial charge in [0.1, 0.15) is 12.2 Å². The summed E-state index contributed by atoms with van der Waals surface area (Å²) in [6.45, 7) is 1.43. The summed E-state index contributed by atoms with van der Waals surface area (Å²) in [6.07, 6.45) is 0. The van der Waals surface area contributed by atoms with Gasteiger partial charge in [0.2, 0.25) is 0 Å². The van der Waals surface area contributed by atoms with Crippen LogP contribution in [0.1, 0.15) is 29.0 Å². The highest BCUT2D eigenvalue weighted by atomic mass is 16.6. The molecule has 2 aromatic carbocycles. The summed E-state index contributed by atoms with van der Waals surface area (Å²) in [5, 5.41) is 34.7. The maximum atomic E-state index is 13.2. The van der Waals surface area contributed by atoms with Crippen molar-refractivity contribution in [1.82, 2.24) is 41.1 Å². The fraction of sp³-hybridized carbons (Fsp3) is 0.143. The van der Waals surface area contributed by atoms with Gasteiger partial charge in [-0.3, -0.25) is 14.4 Å². The van der Waals surface area contributed by atoms with Crippen LogP contribution in [0.25, 0.3) is 10.8 Å². The molecule has 182 valence electrons. The van der Waals surface area contributed by atoms with Gasteiger partial charge < -0.3 is 15.4 Å². The van der Waals surface area contributed by atoms with E-state index in [0.29, 0.717) is 10.9 Å². The highest BCUT2D eigenvalue weighted by Crippen LogP contribution is 2.20. The van der Waals surface area contributed by atoms with E-state index < -0.39 is 34.3 Å². The molecule has 0 aliphatic carbocycles. The van der Waals surface area contributed by atoms with E-state index in [4.69, 9.17) is 0 Å². The van der Waals surface area contributed by atoms with Crippen molar-refractivity contribution in [1.29, 1.82) is 0 Å². The predicted octanol–water partition coefficient (Wildman–Crippen LogP) is 0.481. The summed E-state index contributed by atoms with van der Waals surface area (Å²) in [6, 6.07) is 13.4. The smallest absolute Gasteiger partial charge is 0.390 e. The van der Waals surface area contributed by atoms with E-state index in [1.807, 2.05) is 0 Å². The van der Waals surface area contributed by atoms with Crippen LogP contribution in [-0.2, 0) is 11.3 Å². The number of aromatic nitrogens is 6. The number of H-pyrrole nitrogens is 1. The van der Waals surface area contributed by atoms with E-state index in [-0.39, 0.29) is 23.3 Å². The van der Waals surface area contributed by atoms with Gasteiger partial charge in [-0.1, -0.05) is 41.2 Å². The highest BCUT2D eigenvalue weighted by molar-refractivity contribution is 5.99. The van der Waals surface area contributed by atoms with Crippen LogP contribution in [0.15, 0.2) is 64.5 Å². The van der Waals surface area contributed by atoms with Gasteiger partial charge in [-0.2, -0.15) is 10.2 Å². The van der Waals surface area contributed by atoms with Gasteiger partial charge in [0.15, 0.2) is 6.04 Å². The summed E-state index contributed by atoms with van der Waals surface area (Å²) < 4.78 is 0. The summed E-state index contributed by atoms with van der Waals surface area (Å²) >= 11 is 0. The lowest BCUT2D eigenvalue weighted by molar-refractivity contribution is -0.394. The minimum Gasteiger partial charge on any atom is -0.390 e. The standard InChI is InChI=1S/C21H18N10O5/c1-12(11-30-28-21(27-29-30)31(35)36)23-26-20(34)17(22-18(32)13-7-3-2-4-8-13)16-14-9-5-6-10-15(14)19(33)25-24-16/h2-10,17H,11H2,1H3,(H,22,32)(H,25,33)(H,26,34). The van der Waals surface area contributed by atoms with Gasteiger partial charge in [0.05, 0.1) is 21.3 Å². The van der Waals surface area contributed by atoms with E-state index in [1.165, 1.54) is 6.92 Å². The van der Waals surface area contributed by atoms with Gasteiger partial charge in [-0.15, -0.1) is 0 Å². The molecule has 0 aliphatic heterocycles. The van der Waals surface area contributed by atoms with Gasteiger partial charge in [-0.05, 0) is 30.0 Å². The van der Waals surface area contributed by atoms with E-state index in [1.54, 1.807) is 54.6 Å².